The number of nitrogens with one attached hydrogen (secondary N) is 2. The summed E-state index contributed by atoms with van der Waals surface area (Å²) in [5.41, 5.74) is 8.53. The van der Waals surface area contributed by atoms with E-state index in [1.165, 1.54) is 0 Å². The number of hydrogen-bond donors (Lipinski definition) is 4. The third kappa shape index (κ3) is 16.2. The molecule has 4 aromatic rings. The molecule has 0 saturated heterocycles. The highest BCUT2D eigenvalue weighted by atomic mass is 16.6. The number of phenolic OH excluding ortho intramolecular Hbond substituents is 1. The summed E-state index contributed by atoms with van der Waals surface area (Å²) in [7, 11) is 3.88. The number of aromatic nitrogens is 5. The summed E-state index contributed by atoms with van der Waals surface area (Å²) in [5.74, 6) is 0.915. The molecule has 4 rings (SSSR count). The van der Waals surface area contributed by atoms with Crippen molar-refractivity contribution in [1.82, 2.24) is 30.0 Å². The molecule has 0 radical (unpaired) electrons. The topological polar surface area (TPSA) is 212 Å². The van der Waals surface area contributed by atoms with Gasteiger partial charge in [-0.05, 0) is 37.1 Å². The first kappa shape index (κ1) is 44.7. The number of fused-ring (bicyclic) bond motifs is 2. The summed E-state index contributed by atoms with van der Waals surface area (Å²) in [5, 5.41) is 19.6. The molecule has 0 saturated carbocycles. The second kappa shape index (κ2) is 26.8. The molecular formula is C38H60N8O10. The number of H-pyrrole nitrogens is 1. The van der Waals surface area contributed by atoms with Gasteiger partial charge in [0.1, 0.15) is 23.6 Å². The quantitative estimate of drug-likeness (QED) is 0.0510. The molecule has 0 aliphatic rings. The van der Waals surface area contributed by atoms with Crippen LogP contribution in [-0.4, -0.2) is 169 Å². The number of carbonyl (C=O) groups is 1. The highest BCUT2D eigenvalue weighted by Gasteiger charge is 2.20. The van der Waals surface area contributed by atoms with Gasteiger partial charge in [0, 0.05) is 51.1 Å². The average molecular weight is 789 g/mol. The molecule has 18 nitrogen and oxygen atoms in total. The van der Waals surface area contributed by atoms with Crippen LogP contribution in [0.4, 0.5) is 5.82 Å². The van der Waals surface area contributed by atoms with Crippen molar-refractivity contribution in [2.45, 2.75) is 25.8 Å². The van der Waals surface area contributed by atoms with Crippen molar-refractivity contribution in [2.75, 3.05) is 138 Å². The molecule has 56 heavy (non-hydrogen) atoms. The number of nitrogens with zero attached hydrogens (tertiary/aromatic N) is 5. The number of aryl methyl sites for hydroxylation is 1. The fourth-order valence-corrected chi connectivity index (χ4v) is 5.52. The lowest BCUT2D eigenvalue weighted by Gasteiger charge is -2.12. The highest BCUT2D eigenvalue weighted by Crippen LogP contribution is 2.34. The smallest absolute Gasteiger partial charge is 0.222 e. The zero-order chi connectivity index (χ0) is 39.6. The minimum absolute atomic E-state index is 0.0550. The fraction of sp³-hybridized carbons (Fsp3) is 0.632. The van der Waals surface area contributed by atoms with Gasteiger partial charge in [0.25, 0.3) is 0 Å². The minimum atomic E-state index is -0.0550. The van der Waals surface area contributed by atoms with Crippen molar-refractivity contribution in [2.24, 2.45) is 5.73 Å². The number of aromatic amines is 1. The van der Waals surface area contributed by atoms with Gasteiger partial charge in [-0.2, -0.15) is 5.10 Å². The largest absolute Gasteiger partial charge is 0.508 e. The maximum atomic E-state index is 12.3. The van der Waals surface area contributed by atoms with Crippen molar-refractivity contribution in [1.29, 1.82) is 0 Å². The van der Waals surface area contributed by atoms with Crippen LogP contribution in [0.3, 0.4) is 0 Å². The van der Waals surface area contributed by atoms with Gasteiger partial charge in [-0.3, -0.25) is 4.79 Å². The number of rotatable bonds is 33. The SMILES string of the molecule is CN(C)c1ncnc2c1c(-c1cc3cc(O)ccc3[nH]1)nn2CCCCNC(=O)CCOCCOCCOCCOCCOCCOCCOCCOCCN. The van der Waals surface area contributed by atoms with Gasteiger partial charge in [-0.25, -0.2) is 14.6 Å². The van der Waals surface area contributed by atoms with E-state index in [2.05, 4.69) is 20.3 Å². The Hall–Kier alpha value is -3.98. The van der Waals surface area contributed by atoms with Crippen LogP contribution in [0.25, 0.3) is 33.3 Å². The number of benzene rings is 1. The van der Waals surface area contributed by atoms with Crippen LogP contribution in [0.2, 0.25) is 0 Å². The molecule has 18 heteroatoms. The molecule has 5 N–H and O–H groups in total. The van der Waals surface area contributed by atoms with Gasteiger partial charge in [0.15, 0.2) is 5.65 Å². The third-order valence-corrected chi connectivity index (χ3v) is 8.25. The van der Waals surface area contributed by atoms with E-state index in [0.717, 1.165) is 52.0 Å². The van der Waals surface area contributed by atoms with E-state index < -0.39 is 0 Å². The van der Waals surface area contributed by atoms with E-state index in [1.54, 1.807) is 18.5 Å². The van der Waals surface area contributed by atoms with Gasteiger partial charge in [0.2, 0.25) is 5.91 Å². The van der Waals surface area contributed by atoms with Crippen molar-refractivity contribution < 1.29 is 47.8 Å². The molecule has 1 amide bonds. The molecule has 0 spiro atoms. The summed E-state index contributed by atoms with van der Waals surface area (Å²) >= 11 is 0. The molecule has 0 fully saturated rings. The van der Waals surface area contributed by atoms with E-state index in [0.29, 0.717) is 125 Å². The summed E-state index contributed by atoms with van der Waals surface area (Å²) < 4.78 is 45.4. The first-order chi connectivity index (χ1) is 27.5. The Balaban J connectivity index is 0.949. The second-order valence-corrected chi connectivity index (χ2v) is 12.8. The number of anilines is 1. The van der Waals surface area contributed by atoms with Gasteiger partial charge in [-0.1, -0.05) is 0 Å². The Bertz CT molecular complexity index is 1670. The average Bonchev–Trinajstić information content (AvgIpc) is 3.79. The van der Waals surface area contributed by atoms with Crippen molar-refractivity contribution in [3.63, 3.8) is 0 Å². The van der Waals surface area contributed by atoms with Crippen LogP contribution < -0.4 is 16.0 Å². The Morgan fingerprint density at radius 2 is 1.32 bits per heavy atom. The third-order valence-electron chi connectivity index (χ3n) is 8.25. The van der Waals surface area contributed by atoms with Crippen LogP contribution >= 0.6 is 0 Å². The van der Waals surface area contributed by atoms with E-state index in [-0.39, 0.29) is 18.1 Å². The predicted octanol–water partition coefficient (Wildman–Crippen LogP) is 2.12. The number of carbonyl (C=O) groups excluding carboxylic acids is 1. The van der Waals surface area contributed by atoms with E-state index in [4.69, 9.17) is 48.7 Å². The standard InChI is InChI=1S/C38H60N8O10/c1-45(2)37-35-36(33-28-30-27-31(47)5-6-32(30)43-33)44-46(38(35)42-29-41-37)10-4-3-9-40-34(48)7-11-49-13-15-51-17-19-53-21-23-55-25-26-56-24-22-54-20-18-52-16-14-50-12-8-39/h5-6,27-29,43,47H,3-4,7-26,39H2,1-2H3,(H,40,48). The summed E-state index contributed by atoms with van der Waals surface area (Å²) in [4.78, 5) is 26.7. The highest BCUT2D eigenvalue weighted by molar-refractivity contribution is 6.00. The van der Waals surface area contributed by atoms with Crippen molar-refractivity contribution in [3.05, 3.63) is 30.6 Å². The van der Waals surface area contributed by atoms with Crippen LogP contribution in [0.15, 0.2) is 30.6 Å². The lowest BCUT2D eigenvalue weighted by Crippen LogP contribution is -2.26. The van der Waals surface area contributed by atoms with Gasteiger partial charge >= 0.3 is 0 Å². The van der Waals surface area contributed by atoms with E-state index >= 15 is 0 Å². The molecule has 0 aliphatic heterocycles. The number of hydrogen-bond acceptors (Lipinski definition) is 15. The predicted molar refractivity (Wildman–Crippen MR) is 211 cm³/mol. The molecular weight excluding hydrogens is 728 g/mol. The number of amides is 1. The molecule has 0 aliphatic carbocycles. The number of ether oxygens (including phenoxy) is 8. The van der Waals surface area contributed by atoms with Gasteiger partial charge in [0.05, 0.1) is 117 Å². The zero-order valence-electron chi connectivity index (χ0n) is 32.9. The molecule has 0 unspecified atom stereocenters. The zero-order valence-corrected chi connectivity index (χ0v) is 32.9. The van der Waals surface area contributed by atoms with Crippen LogP contribution in [0, 0.1) is 0 Å². The second-order valence-electron chi connectivity index (χ2n) is 12.8. The summed E-state index contributed by atoms with van der Waals surface area (Å²) in [6.45, 7) is 9.35. The lowest BCUT2D eigenvalue weighted by atomic mass is 10.2. The van der Waals surface area contributed by atoms with E-state index in [1.807, 2.05) is 35.8 Å². The molecule has 312 valence electrons. The Morgan fingerprint density at radius 3 is 1.88 bits per heavy atom. The maximum absolute atomic E-state index is 12.3. The lowest BCUT2D eigenvalue weighted by molar-refractivity contribution is -0.122. The van der Waals surface area contributed by atoms with Crippen LogP contribution in [0.5, 0.6) is 5.75 Å². The first-order valence-corrected chi connectivity index (χ1v) is 19.3. The minimum Gasteiger partial charge on any atom is -0.508 e. The first-order valence-electron chi connectivity index (χ1n) is 19.3. The molecule has 0 bridgehead atoms. The van der Waals surface area contributed by atoms with Gasteiger partial charge in [-0.15, -0.1) is 0 Å². The van der Waals surface area contributed by atoms with Gasteiger partial charge < -0.3 is 63.9 Å². The van der Waals surface area contributed by atoms with Crippen molar-refractivity contribution in [3.8, 4) is 17.1 Å². The molecule has 0 atom stereocenters. The van der Waals surface area contributed by atoms with Crippen LogP contribution in [-0.2, 0) is 49.2 Å². The fourth-order valence-electron chi connectivity index (χ4n) is 5.52. The normalized spacial score (nSPS) is 11.6. The molecule has 3 aromatic heterocycles. The Kier molecular flexibility index (Phi) is 21.4. The Morgan fingerprint density at radius 1 is 0.768 bits per heavy atom. The molecule has 1 aromatic carbocycles. The summed E-state index contributed by atoms with van der Waals surface area (Å²) in [6.07, 6.45) is 3.40. The monoisotopic (exact) mass is 788 g/mol. The number of phenols is 1. The summed E-state index contributed by atoms with van der Waals surface area (Å²) in [6, 6.07) is 7.18. The maximum Gasteiger partial charge on any atom is 0.222 e. The van der Waals surface area contributed by atoms with E-state index in [9.17, 15) is 9.90 Å². The number of aromatic hydroxyl groups is 1. The molecule has 3 heterocycles. The van der Waals surface area contributed by atoms with Crippen LogP contribution in [0.1, 0.15) is 19.3 Å². The number of unbranched alkanes of at least 4 members (excludes halogenated alkanes) is 1. The van der Waals surface area contributed by atoms with Crippen molar-refractivity contribution >= 4 is 33.7 Å². The number of nitrogens with two attached hydrogens (primary N) is 1. The Labute approximate surface area is 328 Å².